The molecule has 0 radical (unpaired) electrons. The van der Waals surface area contributed by atoms with Crippen LogP contribution in [0.2, 0.25) is 0 Å². The first kappa shape index (κ1) is 17.4. The third-order valence-corrected chi connectivity index (χ3v) is 4.37. The first-order valence-corrected chi connectivity index (χ1v) is 8.22. The van der Waals surface area contributed by atoms with Gasteiger partial charge in [-0.2, -0.15) is 0 Å². The molecule has 0 spiro atoms. The van der Waals surface area contributed by atoms with Crippen molar-refractivity contribution in [1.29, 1.82) is 0 Å². The Labute approximate surface area is 144 Å². The molecule has 1 heterocycles. The second-order valence-corrected chi connectivity index (χ2v) is 6.33. The van der Waals surface area contributed by atoms with Gasteiger partial charge in [-0.15, -0.1) is 0 Å². The summed E-state index contributed by atoms with van der Waals surface area (Å²) in [6, 6.07) is 12.4. The second kappa shape index (κ2) is 6.82. The number of hydrogen-bond donors (Lipinski definition) is 2. The van der Waals surface area contributed by atoms with Crippen molar-refractivity contribution >= 4 is 11.0 Å². The lowest BCUT2D eigenvalue weighted by Gasteiger charge is -2.23. The van der Waals surface area contributed by atoms with Gasteiger partial charge < -0.3 is 10.2 Å². The summed E-state index contributed by atoms with van der Waals surface area (Å²) in [6.45, 7) is 3.09. The zero-order chi connectivity index (χ0) is 18.1. The first-order chi connectivity index (χ1) is 12.0. The summed E-state index contributed by atoms with van der Waals surface area (Å²) in [5, 5.41) is 19.9. The number of benzene rings is 2. The van der Waals surface area contributed by atoms with Crippen molar-refractivity contribution in [2.24, 2.45) is 0 Å². The van der Waals surface area contributed by atoms with Crippen molar-refractivity contribution < 1.29 is 14.6 Å². The summed E-state index contributed by atoms with van der Waals surface area (Å²) in [5.41, 5.74) is 0.836. The quantitative estimate of drug-likeness (QED) is 0.747. The molecule has 2 N–H and O–H groups in total. The minimum atomic E-state index is -1.20. The van der Waals surface area contributed by atoms with Crippen LogP contribution in [0.25, 0.3) is 11.0 Å². The maximum absolute atomic E-state index is 14.5. The molecule has 0 saturated carbocycles. The van der Waals surface area contributed by atoms with Crippen LogP contribution < -0.4 is 5.69 Å². The van der Waals surface area contributed by atoms with E-state index in [1.807, 2.05) is 6.07 Å². The lowest BCUT2D eigenvalue weighted by atomic mass is 10.0. The average Bonchev–Trinajstić information content (AvgIpc) is 2.90. The fourth-order valence-electron chi connectivity index (χ4n) is 3.29. The van der Waals surface area contributed by atoms with Crippen LogP contribution >= 0.6 is 0 Å². The van der Waals surface area contributed by atoms with Crippen molar-refractivity contribution in [3.8, 4) is 0 Å². The molecular formula is C19H21FN2O3. The zero-order valence-electron chi connectivity index (χ0n) is 14.1. The predicted molar refractivity (Wildman–Crippen MR) is 94.2 cm³/mol. The van der Waals surface area contributed by atoms with Gasteiger partial charge in [0.1, 0.15) is 17.4 Å². The van der Waals surface area contributed by atoms with Crippen LogP contribution in [0.3, 0.4) is 0 Å². The highest BCUT2D eigenvalue weighted by Crippen LogP contribution is 2.28. The number of nitrogens with zero attached hydrogens (tertiary/aromatic N) is 2. The highest BCUT2D eigenvalue weighted by molar-refractivity contribution is 5.77. The van der Waals surface area contributed by atoms with Crippen molar-refractivity contribution in [2.75, 3.05) is 6.61 Å². The van der Waals surface area contributed by atoms with Crippen molar-refractivity contribution in [3.05, 3.63) is 70.4 Å². The van der Waals surface area contributed by atoms with Gasteiger partial charge in [0.25, 0.3) is 0 Å². The lowest BCUT2D eigenvalue weighted by Crippen LogP contribution is -2.36. The highest BCUT2D eigenvalue weighted by Gasteiger charge is 2.29. The number of halogens is 1. The minimum Gasteiger partial charge on any atom is -0.394 e. The third-order valence-electron chi connectivity index (χ3n) is 4.37. The molecule has 0 amide bonds. The number of para-hydroxylation sites is 1. The Morgan fingerprint density at radius 3 is 2.32 bits per heavy atom. The number of fused-ring (bicyclic) bond motifs is 1. The molecule has 2 aromatic carbocycles. The van der Waals surface area contributed by atoms with E-state index in [4.69, 9.17) is 0 Å². The molecule has 3 rings (SSSR count). The monoisotopic (exact) mass is 344 g/mol. The standard InChI is InChI=1S/C19H21FN2O3/c1-12(2)21-18-14(20)9-6-10-15(18)22(19(21)25)17(16(24)11-23)13-7-4-3-5-8-13/h3-10,12,16-17,23-24H,11H2,1-2H3/t16-,17+/m1/s1. The fraction of sp³-hybridized carbons (Fsp3) is 0.316. The number of aliphatic hydroxyl groups is 2. The van der Waals surface area contributed by atoms with Gasteiger partial charge in [-0.3, -0.25) is 9.13 Å². The van der Waals surface area contributed by atoms with E-state index in [0.29, 0.717) is 11.1 Å². The van der Waals surface area contributed by atoms with Gasteiger partial charge in [0, 0.05) is 6.04 Å². The van der Waals surface area contributed by atoms with E-state index in [2.05, 4.69) is 0 Å². The van der Waals surface area contributed by atoms with E-state index in [1.165, 1.54) is 21.3 Å². The molecule has 25 heavy (non-hydrogen) atoms. The average molecular weight is 344 g/mol. The molecule has 5 nitrogen and oxygen atoms in total. The Morgan fingerprint density at radius 1 is 1.04 bits per heavy atom. The molecule has 0 bridgehead atoms. The van der Waals surface area contributed by atoms with Gasteiger partial charge in [0.2, 0.25) is 0 Å². The van der Waals surface area contributed by atoms with Crippen molar-refractivity contribution in [3.63, 3.8) is 0 Å². The van der Waals surface area contributed by atoms with E-state index in [9.17, 15) is 19.4 Å². The number of aromatic nitrogens is 2. The number of imidazole rings is 1. The second-order valence-electron chi connectivity index (χ2n) is 6.33. The smallest absolute Gasteiger partial charge is 0.330 e. The third kappa shape index (κ3) is 2.88. The van der Waals surface area contributed by atoms with Gasteiger partial charge >= 0.3 is 5.69 Å². The number of hydrogen-bond acceptors (Lipinski definition) is 3. The van der Waals surface area contributed by atoms with E-state index in [-0.39, 0.29) is 11.6 Å². The van der Waals surface area contributed by atoms with Crippen molar-refractivity contribution in [2.45, 2.75) is 32.0 Å². The minimum absolute atomic E-state index is 0.202. The molecule has 0 fully saturated rings. The number of rotatable bonds is 5. The Balaban J connectivity index is 2.38. The highest BCUT2D eigenvalue weighted by atomic mass is 19.1. The molecule has 0 aliphatic rings. The Hall–Kier alpha value is -2.44. The van der Waals surface area contributed by atoms with Crippen LogP contribution in [0.4, 0.5) is 4.39 Å². The van der Waals surface area contributed by atoms with E-state index in [1.54, 1.807) is 44.2 Å². The SMILES string of the molecule is CC(C)n1c(=O)n([C@@H](c2ccccc2)[C@H](O)CO)c2cccc(F)c21. The normalized spacial score (nSPS) is 14.2. The molecule has 0 aliphatic heterocycles. The van der Waals surface area contributed by atoms with E-state index in [0.717, 1.165) is 0 Å². The van der Waals surface area contributed by atoms with Crippen LogP contribution in [0.1, 0.15) is 31.5 Å². The van der Waals surface area contributed by atoms with Gasteiger partial charge in [-0.25, -0.2) is 9.18 Å². The molecule has 6 heteroatoms. The number of aliphatic hydroxyl groups excluding tert-OH is 2. The van der Waals surface area contributed by atoms with Gasteiger partial charge in [-0.05, 0) is 31.5 Å². The summed E-state index contributed by atoms with van der Waals surface area (Å²) in [6.07, 6.45) is -1.20. The summed E-state index contributed by atoms with van der Waals surface area (Å²) in [7, 11) is 0. The molecule has 3 aromatic rings. The van der Waals surface area contributed by atoms with Crippen LogP contribution in [0.15, 0.2) is 53.3 Å². The van der Waals surface area contributed by atoms with Crippen LogP contribution in [0, 0.1) is 5.82 Å². The molecule has 0 saturated heterocycles. The molecule has 1 aromatic heterocycles. The Morgan fingerprint density at radius 2 is 1.72 bits per heavy atom. The summed E-state index contributed by atoms with van der Waals surface area (Å²) in [5.74, 6) is -0.493. The molecule has 2 atom stereocenters. The maximum Gasteiger partial charge on any atom is 0.330 e. The van der Waals surface area contributed by atoms with Crippen LogP contribution in [-0.4, -0.2) is 32.1 Å². The largest absolute Gasteiger partial charge is 0.394 e. The topological polar surface area (TPSA) is 67.4 Å². The molecule has 0 aliphatic carbocycles. The Kier molecular flexibility index (Phi) is 4.74. The molecular weight excluding hydrogens is 323 g/mol. The van der Waals surface area contributed by atoms with E-state index >= 15 is 0 Å². The van der Waals surface area contributed by atoms with Crippen LogP contribution in [0.5, 0.6) is 0 Å². The lowest BCUT2D eigenvalue weighted by molar-refractivity contribution is 0.0640. The van der Waals surface area contributed by atoms with E-state index < -0.39 is 30.3 Å². The molecule has 0 unspecified atom stereocenters. The van der Waals surface area contributed by atoms with Gasteiger partial charge in [0.05, 0.1) is 18.2 Å². The maximum atomic E-state index is 14.5. The van der Waals surface area contributed by atoms with Gasteiger partial charge in [-0.1, -0.05) is 36.4 Å². The summed E-state index contributed by atoms with van der Waals surface area (Å²) >= 11 is 0. The predicted octanol–water partition coefficient (Wildman–Crippen LogP) is 2.47. The summed E-state index contributed by atoms with van der Waals surface area (Å²) < 4.78 is 17.2. The fourth-order valence-corrected chi connectivity index (χ4v) is 3.29. The molecule has 132 valence electrons. The van der Waals surface area contributed by atoms with Crippen molar-refractivity contribution in [1.82, 2.24) is 9.13 Å². The van der Waals surface area contributed by atoms with Crippen LogP contribution in [-0.2, 0) is 0 Å². The first-order valence-electron chi connectivity index (χ1n) is 8.22. The zero-order valence-corrected chi connectivity index (χ0v) is 14.1. The van der Waals surface area contributed by atoms with Gasteiger partial charge in [0.15, 0.2) is 0 Å². The Bertz CT molecular complexity index is 931. The summed E-state index contributed by atoms with van der Waals surface area (Å²) in [4.78, 5) is 13.1.